The highest BCUT2D eigenvalue weighted by atomic mass is 32.2. The summed E-state index contributed by atoms with van der Waals surface area (Å²) in [6.07, 6.45) is 0. The van der Waals surface area contributed by atoms with Gasteiger partial charge < -0.3 is 5.32 Å². The van der Waals surface area contributed by atoms with Crippen molar-refractivity contribution in [2.75, 3.05) is 5.75 Å². The van der Waals surface area contributed by atoms with Crippen LogP contribution in [0.2, 0.25) is 0 Å². The molecule has 0 bridgehead atoms. The van der Waals surface area contributed by atoms with Crippen molar-refractivity contribution >= 4 is 56.6 Å². The van der Waals surface area contributed by atoms with Crippen LogP contribution in [0.15, 0.2) is 38.9 Å². The number of fused-ring (bicyclic) bond motifs is 1. The standard InChI is InChI=1S/C16H16N4O3S3/c1-2-20-14(22)13-11(5-7-25-13)18-16(20)26-9-12(21)19-15(23)17-8-10-4-3-6-24-10/h3-7H,2,8-9H2,1H3,(H2,17,19,21,23). The number of urea groups is 1. The molecule has 0 aromatic carbocycles. The lowest BCUT2D eigenvalue weighted by molar-refractivity contribution is -0.117. The molecular formula is C16H16N4O3S3. The van der Waals surface area contributed by atoms with E-state index < -0.39 is 11.9 Å². The molecular weight excluding hydrogens is 392 g/mol. The molecule has 0 unspecified atom stereocenters. The van der Waals surface area contributed by atoms with Crippen molar-refractivity contribution in [3.8, 4) is 0 Å². The number of nitrogens with one attached hydrogen (secondary N) is 2. The van der Waals surface area contributed by atoms with Crippen LogP contribution in [-0.2, 0) is 17.9 Å². The minimum absolute atomic E-state index is 0.00545. The molecule has 0 aliphatic rings. The molecule has 3 aromatic heterocycles. The van der Waals surface area contributed by atoms with Gasteiger partial charge in [-0.05, 0) is 29.8 Å². The largest absolute Gasteiger partial charge is 0.333 e. The lowest BCUT2D eigenvalue weighted by Gasteiger charge is -2.10. The van der Waals surface area contributed by atoms with Crippen LogP contribution in [0.4, 0.5) is 4.79 Å². The highest BCUT2D eigenvalue weighted by Crippen LogP contribution is 2.20. The first-order chi connectivity index (χ1) is 12.6. The van der Waals surface area contributed by atoms with Gasteiger partial charge in [0.25, 0.3) is 5.56 Å². The summed E-state index contributed by atoms with van der Waals surface area (Å²) < 4.78 is 2.14. The number of amides is 3. The zero-order chi connectivity index (χ0) is 18.5. The first-order valence-corrected chi connectivity index (χ1v) is 10.5. The first kappa shape index (κ1) is 18.6. The van der Waals surface area contributed by atoms with Gasteiger partial charge in [0.1, 0.15) is 4.70 Å². The van der Waals surface area contributed by atoms with Crippen molar-refractivity contribution in [3.05, 3.63) is 44.2 Å². The number of imide groups is 1. The molecule has 3 heterocycles. The minimum atomic E-state index is -0.543. The molecule has 10 heteroatoms. The summed E-state index contributed by atoms with van der Waals surface area (Å²) in [5.41, 5.74) is 0.519. The highest BCUT2D eigenvalue weighted by Gasteiger charge is 2.14. The SMILES string of the molecule is CCn1c(SCC(=O)NC(=O)NCc2cccs2)nc2ccsc2c1=O. The molecule has 0 aliphatic carbocycles. The van der Waals surface area contributed by atoms with Gasteiger partial charge in [-0.25, -0.2) is 9.78 Å². The van der Waals surface area contributed by atoms with Crippen LogP contribution < -0.4 is 16.2 Å². The lowest BCUT2D eigenvalue weighted by atomic mass is 10.5. The Morgan fingerprint density at radius 1 is 1.27 bits per heavy atom. The fourth-order valence-corrected chi connectivity index (χ4v) is 4.52. The Balaban J connectivity index is 1.58. The maximum atomic E-state index is 12.4. The number of carbonyl (C=O) groups is 2. The molecule has 0 saturated carbocycles. The maximum Gasteiger partial charge on any atom is 0.321 e. The van der Waals surface area contributed by atoms with E-state index in [4.69, 9.17) is 0 Å². The molecule has 2 N–H and O–H groups in total. The van der Waals surface area contributed by atoms with Gasteiger partial charge in [0.15, 0.2) is 5.16 Å². The number of thioether (sulfide) groups is 1. The van der Waals surface area contributed by atoms with Crippen LogP contribution in [0.25, 0.3) is 10.2 Å². The van der Waals surface area contributed by atoms with Crippen LogP contribution in [0, 0.1) is 0 Å². The normalized spacial score (nSPS) is 10.8. The van der Waals surface area contributed by atoms with Gasteiger partial charge in [0.2, 0.25) is 5.91 Å². The van der Waals surface area contributed by atoms with E-state index in [1.54, 1.807) is 6.07 Å². The number of hydrogen-bond acceptors (Lipinski definition) is 7. The van der Waals surface area contributed by atoms with Gasteiger partial charge in [0.05, 0.1) is 17.8 Å². The fourth-order valence-electron chi connectivity index (χ4n) is 2.23. The number of hydrogen-bond donors (Lipinski definition) is 2. The van der Waals surface area contributed by atoms with Gasteiger partial charge in [-0.2, -0.15) is 0 Å². The summed E-state index contributed by atoms with van der Waals surface area (Å²) >= 11 is 4.02. The molecule has 136 valence electrons. The molecule has 3 rings (SSSR count). The molecule has 0 aliphatic heterocycles. The molecule has 0 atom stereocenters. The average Bonchev–Trinajstić information content (AvgIpc) is 3.30. The van der Waals surface area contributed by atoms with Crippen LogP contribution in [-0.4, -0.2) is 27.2 Å². The van der Waals surface area contributed by atoms with Crippen molar-refractivity contribution in [1.29, 1.82) is 0 Å². The molecule has 0 radical (unpaired) electrons. The predicted octanol–water partition coefficient (Wildman–Crippen LogP) is 2.66. The van der Waals surface area contributed by atoms with Gasteiger partial charge >= 0.3 is 6.03 Å². The van der Waals surface area contributed by atoms with E-state index in [1.165, 1.54) is 27.2 Å². The Morgan fingerprint density at radius 3 is 2.85 bits per heavy atom. The van der Waals surface area contributed by atoms with Crippen molar-refractivity contribution < 1.29 is 9.59 Å². The van der Waals surface area contributed by atoms with E-state index in [9.17, 15) is 14.4 Å². The summed E-state index contributed by atoms with van der Waals surface area (Å²) in [4.78, 5) is 41.6. The Morgan fingerprint density at radius 2 is 2.12 bits per heavy atom. The minimum Gasteiger partial charge on any atom is -0.333 e. The van der Waals surface area contributed by atoms with Crippen molar-refractivity contribution in [2.24, 2.45) is 0 Å². The Bertz CT molecular complexity index is 978. The van der Waals surface area contributed by atoms with E-state index in [0.29, 0.717) is 28.5 Å². The van der Waals surface area contributed by atoms with Crippen LogP contribution in [0.3, 0.4) is 0 Å². The topological polar surface area (TPSA) is 93.1 Å². The molecule has 3 aromatic rings. The monoisotopic (exact) mass is 408 g/mol. The zero-order valence-electron chi connectivity index (χ0n) is 13.9. The van der Waals surface area contributed by atoms with Crippen molar-refractivity contribution in [3.63, 3.8) is 0 Å². The number of nitrogens with zero attached hydrogens (tertiary/aromatic N) is 2. The number of carbonyl (C=O) groups excluding carboxylic acids is 2. The van der Waals surface area contributed by atoms with Crippen LogP contribution in [0.5, 0.6) is 0 Å². The summed E-state index contributed by atoms with van der Waals surface area (Å²) in [6, 6.07) is 5.03. The summed E-state index contributed by atoms with van der Waals surface area (Å²) in [7, 11) is 0. The zero-order valence-corrected chi connectivity index (χ0v) is 16.3. The Hall–Kier alpha value is -2.17. The molecule has 26 heavy (non-hydrogen) atoms. The van der Waals surface area contributed by atoms with Crippen LogP contribution >= 0.6 is 34.4 Å². The van der Waals surface area contributed by atoms with E-state index in [-0.39, 0.29) is 11.3 Å². The number of thiophene rings is 2. The third-order valence-electron chi connectivity index (χ3n) is 3.44. The maximum absolute atomic E-state index is 12.4. The lowest BCUT2D eigenvalue weighted by Crippen LogP contribution is -2.39. The van der Waals surface area contributed by atoms with E-state index in [1.807, 2.05) is 29.8 Å². The summed E-state index contributed by atoms with van der Waals surface area (Å²) in [5, 5.41) is 9.11. The van der Waals surface area contributed by atoms with Gasteiger partial charge in [-0.3, -0.25) is 19.5 Å². The highest BCUT2D eigenvalue weighted by molar-refractivity contribution is 7.99. The number of rotatable bonds is 6. The second-order valence-electron chi connectivity index (χ2n) is 5.18. The third-order valence-corrected chi connectivity index (χ3v) is 6.18. The van der Waals surface area contributed by atoms with Gasteiger partial charge in [-0.1, -0.05) is 17.8 Å². The second-order valence-corrected chi connectivity index (χ2v) is 8.07. The summed E-state index contributed by atoms with van der Waals surface area (Å²) in [6.45, 7) is 2.69. The number of aromatic nitrogens is 2. The van der Waals surface area contributed by atoms with Gasteiger partial charge in [0, 0.05) is 11.4 Å². The Labute approximate surface area is 161 Å². The van der Waals surface area contributed by atoms with E-state index >= 15 is 0 Å². The van der Waals surface area contributed by atoms with Crippen molar-refractivity contribution in [1.82, 2.24) is 20.2 Å². The van der Waals surface area contributed by atoms with Crippen molar-refractivity contribution in [2.45, 2.75) is 25.2 Å². The molecule has 7 nitrogen and oxygen atoms in total. The third kappa shape index (κ3) is 4.32. The average molecular weight is 409 g/mol. The molecule has 3 amide bonds. The van der Waals surface area contributed by atoms with E-state index in [2.05, 4.69) is 15.6 Å². The summed E-state index contributed by atoms with van der Waals surface area (Å²) in [5.74, 6) is -0.449. The predicted molar refractivity (Wildman–Crippen MR) is 105 cm³/mol. The quantitative estimate of drug-likeness (QED) is 0.483. The molecule has 0 spiro atoms. The molecule has 0 saturated heterocycles. The smallest absolute Gasteiger partial charge is 0.321 e. The first-order valence-electron chi connectivity index (χ1n) is 7.79. The van der Waals surface area contributed by atoms with Gasteiger partial charge in [-0.15, -0.1) is 22.7 Å². The van der Waals surface area contributed by atoms with Crippen LogP contribution in [0.1, 0.15) is 11.8 Å². The molecule has 0 fully saturated rings. The fraction of sp³-hybridized carbons (Fsp3) is 0.250. The second kappa shape index (κ2) is 8.47. The Kier molecular flexibility index (Phi) is 6.07. The van der Waals surface area contributed by atoms with E-state index in [0.717, 1.165) is 16.6 Å².